The van der Waals surface area contributed by atoms with E-state index in [0.29, 0.717) is 30.4 Å². The van der Waals surface area contributed by atoms with Gasteiger partial charge in [-0.2, -0.15) is 0 Å². The zero-order valence-electron chi connectivity index (χ0n) is 10.4. The molecule has 1 aromatic carbocycles. The Labute approximate surface area is 110 Å². The number of carbonyl (C=O) groups is 1. The van der Waals surface area contributed by atoms with Crippen LogP contribution in [0.2, 0.25) is 0 Å². The molecule has 1 aliphatic rings. The lowest BCUT2D eigenvalue weighted by Gasteiger charge is -2.20. The molecule has 0 unspecified atom stereocenters. The molecular formula is C14H13NO4. The Morgan fingerprint density at radius 2 is 1.95 bits per heavy atom. The summed E-state index contributed by atoms with van der Waals surface area (Å²) in [5, 5.41) is 2.79. The normalized spacial score (nSPS) is 13.1. The van der Waals surface area contributed by atoms with Crippen molar-refractivity contribution in [2.24, 2.45) is 0 Å². The van der Waals surface area contributed by atoms with Crippen molar-refractivity contribution in [1.29, 1.82) is 0 Å². The zero-order valence-corrected chi connectivity index (χ0v) is 10.4. The number of nitrogens with one attached hydrogen (secondary N) is 1. The van der Waals surface area contributed by atoms with Crippen LogP contribution in [-0.4, -0.2) is 19.1 Å². The van der Waals surface area contributed by atoms with Crippen molar-refractivity contribution >= 4 is 11.6 Å². The second kappa shape index (κ2) is 4.68. The summed E-state index contributed by atoms with van der Waals surface area (Å²) < 4.78 is 16.0. The van der Waals surface area contributed by atoms with Crippen molar-refractivity contribution in [3.63, 3.8) is 0 Å². The Bertz CT molecular complexity index is 604. The fourth-order valence-corrected chi connectivity index (χ4v) is 1.92. The highest BCUT2D eigenvalue weighted by molar-refractivity contribution is 6.02. The molecule has 5 heteroatoms. The number of rotatable bonds is 2. The van der Waals surface area contributed by atoms with Gasteiger partial charge in [-0.3, -0.25) is 4.79 Å². The molecular weight excluding hydrogens is 246 g/mol. The topological polar surface area (TPSA) is 60.7 Å². The quantitative estimate of drug-likeness (QED) is 0.900. The highest BCUT2D eigenvalue weighted by Crippen LogP contribution is 2.35. The van der Waals surface area contributed by atoms with E-state index in [1.807, 2.05) is 13.0 Å². The molecule has 1 N–H and O–H groups in total. The maximum atomic E-state index is 11.9. The lowest BCUT2D eigenvalue weighted by atomic mass is 10.1. The third-order valence-corrected chi connectivity index (χ3v) is 2.88. The smallest absolute Gasteiger partial charge is 0.291 e. The van der Waals surface area contributed by atoms with E-state index in [0.717, 1.165) is 5.56 Å². The lowest BCUT2D eigenvalue weighted by Crippen LogP contribution is -2.17. The third kappa shape index (κ3) is 2.27. The summed E-state index contributed by atoms with van der Waals surface area (Å²) in [6, 6.07) is 6.91. The van der Waals surface area contributed by atoms with Gasteiger partial charge in [-0.15, -0.1) is 0 Å². The van der Waals surface area contributed by atoms with Gasteiger partial charge in [-0.1, -0.05) is 0 Å². The maximum absolute atomic E-state index is 11.9. The first kappa shape index (κ1) is 11.6. The lowest BCUT2D eigenvalue weighted by molar-refractivity contribution is 0.0996. The molecule has 0 saturated carbocycles. The van der Waals surface area contributed by atoms with E-state index in [1.54, 1.807) is 18.2 Å². The minimum absolute atomic E-state index is 0.272. The molecule has 0 aliphatic carbocycles. The molecule has 2 heterocycles. The summed E-state index contributed by atoms with van der Waals surface area (Å²) in [5.41, 5.74) is 1.59. The van der Waals surface area contributed by atoms with Gasteiger partial charge in [0.15, 0.2) is 17.3 Å². The Balaban J connectivity index is 1.87. The summed E-state index contributed by atoms with van der Waals surface area (Å²) >= 11 is 0. The van der Waals surface area contributed by atoms with E-state index in [4.69, 9.17) is 13.9 Å². The predicted molar refractivity (Wildman–Crippen MR) is 68.8 cm³/mol. The largest absolute Gasteiger partial charge is 0.486 e. The molecule has 1 amide bonds. The maximum Gasteiger partial charge on any atom is 0.291 e. The SMILES string of the molecule is Cc1cc2c(cc1NC(=O)c1ccco1)OCCO2. The molecule has 2 aromatic rings. The van der Waals surface area contributed by atoms with Gasteiger partial charge >= 0.3 is 0 Å². The van der Waals surface area contributed by atoms with E-state index in [-0.39, 0.29) is 11.7 Å². The van der Waals surface area contributed by atoms with Crippen LogP contribution in [-0.2, 0) is 0 Å². The van der Waals surface area contributed by atoms with Crippen molar-refractivity contribution in [3.05, 3.63) is 41.9 Å². The zero-order chi connectivity index (χ0) is 13.2. The first-order valence-corrected chi connectivity index (χ1v) is 5.99. The number of anilines is 1. The van der Waals surface area contributed by atoms with Crippen LogP contribution >= 0.6 is 0 Å². The number of carbonyl (C=O) groups excluding carboxylic acids is 1. The molecule has 0 radical (unpaired) electrons. The minimum atomic E-state index is -0.287. The van der Waals surface area contributed by atoms with Gasteiger partial charge in [-0.25, -0.2) is 0 Å². The molecule has 0 fully saturated rings. The third-order valence-electron chi connectivity index (χ3n) is 2.88. The molecule has 0 spiro atoms. The molecule has 1 aliphatic heterocycles. The first-order chi connectivity index (χ1) is 9.24. The summed E-state index contributed by atoms with van der Waals surface area (Å²) in [4.78, 5) is 11.9. The summed E-state index contributed by atoms with van der Waals surface area (Å²) in [6.45, 7) is 2.96. The Hall–Kier alpha value is -2.43. The molecule has 0 bridgehead atoms. The summed E-state index contributed by atoms with van der Waals surface area (Å²) in [6.07, 6.45) is 1.46. The van der Waals surface area contributed by atoms with E-state index in [1.165, 1.54) is 6.26 Å². The van der Waals surface area contributed by atoms with Crippen LogP contribution in [0.25, 0.3) is 0 Å². The number of amides is 1. The number of hydrogen-bond acceptors (Lipinski definition) is 4. The number of ether oxygens (including phenoxy) is 2. The molecule has 19 heavy (non-hydrogen) atoms. The fraction of sp³-hybridized carbons (Fsp3) is 0.214. The van der Waals surface area contributed by atoms with E-state index in [2.05, 4.69) is 5.32 Å². The molecule has 1 aromatic heterocycles. The molecule has 98 valence electrons. The minimum Gasteiger partial charge on any atom is -0.486 e. The van der Waals surface area contributed by atoms with E-state index in [9.17, 15) is 4.79 Å². The molecule has 3 rings (SSSR count). The number of benzene rings is 1. The van der Waals surface area contributed by atoms with Crippen LogP contribution in [0, 0.1) is 6.92 Å². The Morgan fingerprint density at radius 1 is 1.21 bits per heavy atom. The molecule has 0 saturated heterocycles. The second-order valence-corrected chi connectivity index (χ2v) is 4.24. The number of furan rings is 1. The number of fused-ring (bicyclic) bond motifs is 1. The number of aryl methyl sites for hydroxylation is 1. The van der Waals surface area contributed by atoms with E-state index >= 15 is 0 Å². The van der Waals surface area contributed by atoms with Crippen LogP contribution in [0.3, 0.4) is 0 Å². The van der Waals surface area contributed by atoms with Crippen molar-refractivity contribution in [2.75, 3.05) is 18.5 Å². The average Bonchev–Trinajstić information content (AvgIpc) is 2.93. The van der Waals surface area contributed by atoms with Gasteiger partial charge in [0.25, 0.3) is 5.91 Å². The van der Waals surface area contributed by atoms with Crippen LogP contribution in [0.4, 0.5) is 5.69 Å². The van der Waals surface area contributed by atoms with Crippen molar-refractivity contribution in [3.8, 4) is 11.5 Å². The summed E-state index contributed by atoms with van der Waals surface area (Å²) in [7, 11) is 0. The molecule has 0 atom stereocenters. The second-order valence-electron chi connectivity index (χ2n) is 4.24. The van der Waals surface area contributed by atoms with Gasteiger partial charge in [0.05, 0.1) is 6.26 Å². The van der Waals surface area contributed by atoms with Gasteiger partial charge < -0.3 is 19.2 Å². The van der Waals surface area contributed by atoms with Crippen molar-refractivity contribution in [1.82, 2.24) is 0 Å². The number of hydrogen-bond donors (Lipinski definition) is 1. The van der Waals surface area contributed by atoms with Gasteiger partial charge in [0.1, 0.15) is 13.2 Å². The van der Waals surface area contributed by atoms with Gasteiger partial charge in [0.2, 0.25) is 0 Å². The van der Waals surface area contributed by atoms with Gasteiger partial charge in [0, 0.05) is 11.8 Å². The van der Waals surface area contributed by atoms with Gasteiger partial charge in [-0.05, 0) is 30.7 Å². The average molecular weight is 259 g/mol. The summed E-state index contributed by atoms with van der Waals surface area (Å²) in [5.74, 6) is 1.34. The Kier molecular flexibility index (Phi) is 2.87. The Morgan fingerprint density at radius 3 is 2.63 bits per heavy atom. The fourth-order valence-electron chi connectivity index (χ4n) is 1.92. The van der Waals surface area contributed by atoms with Crippen molar-refractivity contribution < 1.29 is 18.7 Å². The first-order valence-electron chi connectivity index (χ1n) is 5.99. The highest BCUT2D eigenvalue weighted by Gasteiger charge is 2.16. The standard InChI is InChI=1S/C14H13NO4/c1-9-7-12-13(19-6-5-18-12)8-10(9)15-14(16)11-3-2-4-17-11/h2-4,7-8H,5-6H2,1H3,(H,15,16). The highest BCUT2D eigenvalue weighted by atomic mass is 16.6. The predicted octanol–water partition coefficient (Wildman–Crippen LogP) is 2.61. The van der Waals surface area contributed by atoms with Crippen LogP contribution < -0.4 is 14.8 Å². The van der Waals surface area contributed by atoms with Crippen LogP contribution in [0.1, 0.15) is 16.1 Å². The monoisotopic (exact) mass is 259 g/mol. The van der Waals surface area contributed by atoms with Crippen molar-refractivity contribution in [2.45, 2.75) is 6.92 Å². The van der Waals surface area contributed by atoms with Crippen LogP contribution in [0.5, 0.6) is 11.5 Å². The van der Waals surface area contributed by atoms with E-state index < -0.39 is 0 Å². The van der Waals surface area contributed by atoms with Crippen LogP contribution in [0.15, 0.2) is 34.9 Å². The molecule has 5 nitrogen and oxygen atoms in total.